The molecule has 2 N–H and O–H groups in total. The molecule has 190 valence electrons. The SMILES string of the molecule is CCCCCCCC/C=C(/F)C(=O)N[C@H]1CCC[C@H]1NC(=O)/C(F)=C\CCCCCCCC. The smallest absolute Gasteiger partial charge is 0.279 e. The van der Waals surface area contributed by atoms with Crippen molar-refractivity contribution in [3.8, 4) is 0 Å². The summed E-state index contributed by atoms with van der Waals surface area (Å²) in [6, 6.07) is -0.748. The normalized spacial score (nSPS) is 19.0. The Bertz CT molecular complexity index is 567. The number of hydrogen-bond donors (Lipinski definition) is 2. The van der Waals surface area contributed by atoms with Gasteiger partial charge in [-0.3, -0.25) is 9.59 Å². The van der Waals surface area contributed by atoms with Crippen molar-refractivity contribution in [2.75, 3.05) is 0 Å². The molecule has 1 aliphatic carbocycles. The Kier molecular flexibility index (Phi) is 16.6. The quantitative estimate of drug-likeness (QED) is 0.163. The van der Waals surface area contributed by atoms with Crippen LogP contribution in [-0.4, -0.2) is 23.9 Å². The number of hydrogen-bond acceptors (Lipinski definition) is 2. The Balaban J connectivity index is 2.34. The molecule has 0 spiro atoms. The van der Waals surface area contributed by atoms with Crippen LogP contribution < -0.4 is 10.6 Å². The molecule has 0 saturated heterocycles. The van der Waals surface area contributed by atoms with Gasteiger partial charge in [0.05, 0.1) is 0 Å². The van der Waals surface area contributed by atoms with Crippen LogP contribution >= 0.6 is 0 Å². The van der Waals surface area contributed by atoms with Crippen molar-refractivity contribution in [3.63, 3.8) is 0 Å². The Morgan fingerprint density at radius 1 is 0.667 bits per heavy atom. The van der Waals surface area contributed by atoms with Crippen molar-refractivity contribution in [2.24, 2.45) is 0 Å². The summed E-state index contributed by atoms with van der Waals surface area (Å²) in [6.07, 6.45) is 19.2. The van der Waals surface area contributed by atoms with Gasteiger partial charge in [-0.15, -0.1) is 0 Å². The molecule has 1 aliphatic rings. The average molecular weight is 469 g/mol. The lowest BCUT2D eigenvalue weighted by atomic mass is 10.1. The van der Waals surface area contributed by atoms with E-state index in [0.717, 1.165) is 44.9 Å². The molecule has 1 fully saturated rings. The molecule has 0 aromatic heterocycles. The van der Waals surface area contributed by atoms with E-state index in [0.29, 0.717) is 25.7 Å². The minimum atomic E-state index is -0.773. The van der Waals surface area contributed by atoms with Crippen LogP contribution in [0.2, 0.25) is 0 Å². The maximum absolute atomic E-state index is 14.2. The third-order valence-electron chi connectivity index (χ3n) is 6.35. The van der Waals surface area contributed by atoms with Crippen molar-refractivity contribution in [1.82, 2.24) is 10.6 Å². The molecule has 0 aromatic rings. The van der Waals surface area contributed by atoms with E-state index < -0.39 is 23.5 Å². The minimum Gasteiger partial charge on any atom is -0.345 e. The number of amides is 2. The van der Waals surface area contributed by atoms with Gasteiger partial charge in [0.25, 0.3) is 11.8 Å². The van der Waals surface area contributed by atoms with Gasteiger partial charge in [0, 0.05) is 12.1 Å². The first-order chi connectivity index (χ1) is 16.0. The number of unbranched alkanes of at least 4 members (excludes halogenated alkanes) is 12. The van der Waals surface area contributed by atoms with Crippen LogP contribution in [0.4, 0.5) is 8.78 Å². The molecule has 0 radical (unpaired) electrons. The summed E-state index contributed by atoms with van der Waals surface area (Å²) in [5.74, 6) is -3.03. The molecule has 4 nitrogen and oxygen atoms in total. The van der Waals surface area contributed by atoms with Gasteiger partial charge in [0.1, 0.15) is 0 Å². The highest BCUT2D eigenvalue weighted by Gasteiger charge is 2.31. The molecule has 0 aromatic carbocycles. The zero-order valence-electron chi connectivity index (χ0n) is 20.9. The fraction of sp³-hybridized carbons (Fsp3) is 0.778. The summed E-state index contributed by atoms with van der Waals surface area (Å²) < 4.78 is 28.3. The van der Waals surface area contributed by atoms with Crippen LogP contribution in [0.15, 0.2) is 23.8 Å². The molecule has 2 atom stereocenters. The van der Waals surface area contributed by atoms with E-state index in [9.17, 15) is 18.4 Å². The zero-order chi connectivity index (χ0) is 24.3. The van der Waals surface area contributed by atoms with Gasteiger partial charge in [-0.2, -0.15) is 0 Å². The van der Waals surface area contributed by atoms with Gasteiger partial charge >= 0.3 is 0 Å². The maximum atomic E-state index is 14.2. The lowest BCUT2D eigenvalue weighted by Crippen LogP contribution is -2.48. The average Bonchev–Trinajstić information content (AvgIpc) is 3.23. The number of halogens is 2. The topological polar surface area (TPSA) is 58.2 Å². The first-order valence-corrected chi connectivity index (χ1v) is 13.3. The molecule has 0 aliphatic heterocycles. The Morgan fingerprint density at radius 3 is 1.42 bits per heavy atom. The van der Waals surface area contributed by atoms with Crippen LogP contribution in [0, 0.1) is 0 Å². The highest BCUT2D eigenvalue weighted by molar-refractivity contribution is 5.92. The predicted molar refractivity (Wildman–Crippen MR) is 132 cm³/mol. The van der Waals surface area contributed by atoms with E-state index in [-0.39, 0.29) is 12.1 Å². The van der Waals surface area contributed by atoms with Gasteiger partial charge in [-0.1, -0.05) is 78.1 Å². The van der Waals surface area contributed by atoms with Crippen molar-refractivity contribution >= 4 is 11.8 Å². The lowest BCUT2D eigenvalue weighted by Gasteiger charge is -2.21. The third kappa shape index (κ3) is 13.5. The summed E-state index contributed by atoms with van der Waals surface area (Å²) >= 11 is 0. The van der Waals surface area contributed by atoms with Gasteiger partial charge in [-0.05, 0) is 57.1 Å². The maximum Gasteiger partial charge on any atom is 0.279 e. The van der Waals surface area contributed by atoms with Crippen LogP contribution in [0.1, 0.15) is 123 Å². The largest absolute Gasteiger partial charge is 0.345 e. The summed E-state index contributed by atoms with van der Waals surface area (Å²) in [6.45, 7) is 4.34. The van der Waals surface area contributed by atoms with Gasteiger partial charge in [0.2, 0.25) is 0 Å². The first-order valence-electron chi connectivity index (χ1n) is 13.3. The molecule has 33 heavy (non-hydrogen) atoms. The monoisotopic (exact) mass is 468 g/mol. The van der Waals surface area contributed by atoms with E-state index in [1.165, 1.54) is 50.7 Å². The Morgan fingerprint density at radius 2 is 1.03 bits per heavy atom. The summed E-state index contributed by atoms with van der Waals surface area (Å²) in [5.41, 5.74) is 0. The number of carbonyl (C=O) groups excluding carboxylic acids is 2. The minimum absolute atomic E-state index is 0.374. The molecule has 1 rings (SSSR count). The van der Waals surface area contributed by atoms with E-state index in [1.54, 1.807) is 0 Å². The van der Waals surface area contributed by atoms with Crippen LogP contribution in [-0.2, 0) is 9.59 Å². The standard InChI is InChI=1S/C27H46F2N2O2/c1-3-5-7-9-11-13-15-18-22(28)26(32)30-24-20-17-21-25(24)31-27(33)23(29)19-16-14-12-10-8-6-4-2/h18-19,24-25H,3-17,20-21H2,1-2H3,(H,30,32)(H,31,33)/b22-18+,23-19+/t24-,25+. The molecular formula is C27H46F2N2O2. The Labute approximate surface area is 200 Å². The first kappa shape index (κ1) is 29.3. The predicted octanol–water partition coefficient (Wildman–Crippen LogP) is 7.35. The highest BCUT2D eigenvalue weighted by Crippen LogP contribution is 2.21. The second-order valence-electron chi connectivity index (χ2n) is 9.31. The van der Waals surface area contributed by atoms with Crippen molar-refractivity contribution in [1.29, 1.82) is 0 Å². The van der Waals surface area contributed by atoms with Crippen LogP contribution in [0.3, 0.4) is 0 Å². The van der Waals surface area contributed by atoms with E-state index in [2.05, 4.69) is 24.5 Å². The van der Waals surface area contributed by atoms with E-state index in [4.69, 9.17) is 0 Å². The second-order valence-corrected chi connectivity index (χ2v) is 9.31. The summed E-state index contributed by atoms with van der Waals surface area (Å²) in [4.78, 5) is 24.4. The van der Waals surface area contributed by atoms with E-state index >= 15 is 0 Å². The lowest BCUT2D eigenvalue weighted by molar-refractivity contribution is -0.122. The number of carbonyl (C=O) groups is 2. The molecular weight excluding hydrogens is 422 g/mol. The number of rotatable bonds is 18. The third-order valence-corrected chi connectivity index (χ3v) is 6.35. The van der Waals surface area contributed by atoms with Gasteiger partial charge in [-0.25, -0.2) is 8.78 Å². The highest BCUT2D eigenvalue weighted by atomic mass is 19.1. The Hall–Kier alpha value is -1.72. The van der Waals surface area contributed by atoms with Gasteiger partial charge in [0.15, 0.2) is 11.7 Å². The van der Waals surface area contributed by atoms with Crippen molar-refractivity contribution in [3.05, 3.63) is 23.8 Å². The van der Waals surface area contributed by atoms with Gasteiger partial charge < -0.3 is 10.6 Å². The summed E-state index contributed by atoms with van der Waals surface area (Å²) in [7, 11) is 0. The molecule has 0 bridgehead atoms. The number of allylic oxidation sites excluding steroid dienone is 2. The molecule has 1 saturated carbocycles. The fourth-order valence-corrected chi connectivity index (χ4v) is 4.27. The second kappa shape index (κ2) is 18.7. The molecule has 2 amide bonds. The van der Waals surface area contributed by atoms with Crippen molar-refractivity contribution in [2.45, 2.75) is 135 Å². The zero-order valence-corrected chi connectivity index (χ0v) is 20.9. The van der Waals surface area contributed by atoms with Crippen molar-refractivity contribution < 1.29 is 18.4 Å². The number of nitrogens with one attached hydrogen (secondary N) is 2. The summed E-state index contributed by atoms with van der Waals surface area (Å²) in [5, 5.41) is 5.36. The molecule has 6 heteroatoms. The fourth-order valence-electron chi connectivity index (χ4n) is 4.27. The van der Waals surface area contributed by atoms with E-state index in [1.807, 2.05) is 0 Å². The van der Waals surface area contributed by atoms with Crippen LogP contribution in [0.5, 0.6) is 0 Å². The molecule has 0 heterocycles. The van der Waals surface area contributed by atoms with Crippen LogP contribution in [0.25, 0.3) is 0 Å². The molecule has 0 unspecified atom stereocenters.